The van der Waals surface area contributed by atoms with Gasteiger partial charge in [0, 0.05) is 31.2 Å². The minimum atomic E-state index is 0.802. The molecule has 1 heterocycles. The average Bonchev–Trinajstić information content (AvgIpc) is 3.11. The van der Waals surface area contributed by atoms with Gasteiger partial charge in [0.25, 0.3) is 0 Å². The summed E-state index contributed by atoms with van der Waals surface area (Å²) in [7, 11) is 0. The maximum Gasteiger partial charge on any atom is 0.0209 e. The normalized spacial score (nSPS) is 39.7. The zero-order valence-corrected chi connectivity index (χ0v) is 11.3. The van der Waals surface area contributed by atoms with E-state index in [2.05, 4.69) is 17.1 Å². The van der Waals surface area contributed by atoms with Crippen LogP contribution in [0.4, 0.5) is 0 Å². The first-order valence-corrected chi connectivity index (χ1v) is 7.85. The first-order chi connectivity index (χ1) is 8.35. The summed E-state index contributed by atoms with van der Waals surface area (Å²) in [6.45, 7) is 5.04. The lowest BCUT2D eigenvalue weighted by Gasteiger charge is -2.31. The van der Waals surface area contributed by atoms with Crippen LogP contribution in [0.3, 0.4) is 0 Å². The molecule has 1 N–H and O–H groups in total. The van der Waals surface area contributed by atoms with Crippen molar-refractivity contribution in [3.63, 3.8) is 0 Å². The van der Waals surface area contributed by atoms with Crippen LogP contribution in [0.2, 0.25) is 0 Å². The van der Waals surface area contributed by atoms with Gasteiger partial charge in [0.1, 0.15) is 0 Å². The van der Waals surface area contributed by atoms with E-state index >= 15 is 0 Å². The van der Waals surface area contributed by atoms with E-state index in [4.69, 9.17) is 0 Å². The molecule has 0 spiro atoms. The maximum absolute atomic E-state index is 3.95. The van der Waals surface area contributed by atoms with Gasteiger partial charge in [-0.05, 0) is 38.0 Å². The van der Waals surface area contributed by atoms with Crippen molar-refractivity contribution in [2.75, 3.05) is 13.1 Å². The van der Waals surface area contributed by atoms with Crippen molar-refractivity contribution in [2.45, 2.75) is 76.4 Å². The quantitative estimate of drug-likeness (QED) is 0.807. The van der Waals surface area contributed by atoms with Gasteiger partial charge in [0.2, 0.25) is 0 Å². The highest BCUT2D eigenvalue weighted by Crippen LogP contribution is 2.31. The fraction of sp³-hybridized carbons (Fsp3) is 1.00. The minimum absolute atomic E-state index is 0.802. The molecule has 0 aromatic heterocycles. The highest BCUT2D eigenvalue weighted by molar-refractivity contribution is 4.93. The summed E-state index contributed by atoms with van der Waals surface area (Å²) in [6, 6.07) is 2.60. The fourth-order valence-electron chi connectivity index (χ4n) is 3.84. The molecule has 0 aromatic rings. The Hall–Kier alpha value is -0.0800. The van der Waals surface area contributed by atoms with Crippen molar-refractivity contribution >= 4 is 0 Å². The van der Waals surface area contributed by atoms with E-state index in [0.717, 1.165) is 24.0 Å². The van der Waals surface area contributed by atoms with Crippen molar-refractivity contribution in [3.8, 4) is 0 Å². The van der Waals surface area contributed by atoms with Crippen LogP contribution >= 0.6 is 0 Å². The first kappa shape index (κ1) is 12.0. The number of hydrogen-bond donors (Lipinski definition) is 1. The molecule has 3 rings (SSSR count). The van der Waals surface area contributed by atoms with Crippen molar-refractivity contribution in [3.05, 3.63) is 0 Å². The Bertz CT molecular complexity index is 249. The van der Waals surface area contributed by atoms with Crippen LogP contribution in [-0.2, 0) is 0 Å². The van der Waals surface area contributed by atoms with Gasteiger partial charge in [-0.25, -0.2) is 0 Å². The second kappa shape index (κ2) is 5.27. The van der Waals surface area contributed by atoms with Gasteiger partial charge in [0.05, 0.1) is 0 Å². The molecule has 1 aliphatic heterocycles. The predicted molar refractivity (Wildman–Crippen MR) is 72.2 cm³/mol. The molecule has 3 aliphatic rings. The van der Waals surface area contributed by atoms with Gasteiger partial charge in [-0.1, -0.05) is 26.2 Å². The standard InChI is InChI=1S/C15H28N2/c1-2-12-4-3-5-13(10-12)16-14-8-9-17(11-14)15-6-7-15/h12-16H,2-11H2,1H3. The molecule has 0 amide bonds. The van der Waals surface area contributed by atoms with Gasteiger partial charge in [-0.2, -0.15) is 0 Å². The van der Waals surface area contributed by atoms with Crippen LogP contribution in [0.1, 0.15) is 58.3 Å². The van der Waals surface area contributed by atoms with E-state index in [9.17, 15) is 0 Å². The fourth-order valence-corrected chi connectivity index (χ4v) is 3.84. The smallest absolute Gasteiger partial charge is 0.0209 e. The molecule has 3 atom stereocenters. The molecule has 2 heteroatoms. The number of nitrogens with zero attached hydrogens (tertiary/aromatic N) is 1. The molecule has 3 unspecified atom stereocenters. The van der Waals surface area contributed by atoms with Crippen molar-refractivity contribution < 1.29 is 0 Å². The summed E-state index contributed by atoms with van der Waals surface area (Å²) < 4.78 is 0. The van der Waals surface area contributed by atoms with Crippen LogP contribution in [-0.4, -0.2) is 36.1 Å². The van der Waals surface area contributed by atoms with Gasteiger partial charge >= 0.3 is 0 Å². The maximum atomic E-state index is 3.95. The minimum Gasteiger partial charge on any atom is -0.310 e. The molecule has 2 nitrogen and oxygen atoms in total. The van der Waals surface area contributed by atoms with Gasteiger partial charge in [0.15, 0.2) is 0 Å². The summed E-state index contributed by atoms with van der Waals surface area (Å²) in [6.07, 6.45) is 11.5. The first-order valence-electron chi connectivity index (χ1n) is 7.85. The van der Waals surface area contributed by atoms with Gasteiger partial charge in [-0.3, -0.25) is 4.90 Å². The topological polar surface area (TPSA) is 15.3 Å². The van der Waals surface area contributed by atoms with Crippen molar-refractivity contribution in [1.82, 2.24) is 10.2 Å². The number of nitrogens with one attached hydrogen (secondary N) is 1. The lowest BCUT2D eigenvalue weighted by Crippen LogP contribution is -2.42. The molecule has 98 valence electrons. The Morgan fingerprint density at radius 1 is 1.06 bits per heavy atom. The van der Waals surface area contributed by atoms with Crippen LogP contribution in [0, 0.1) is 5.92 Å². The lowest BCUT2D eigenvalue weighted by molar-refractivity contribution is 0.254. The molecular weight excluding hydrogens is 208 g/mol. The Labute approximate surface area is 106 Å². The van der Waals surface area contributed by atoms with E-state index in [1.807, 2.05) is 0 Å². The van der Waals surface area contributed by atoms with E-state index in [0.29, 0.717) is 0 Å². The second-order valence-electron chi connectivity index (χ2n) is 6.52. The zero-order valence-electron chi connectivity index (χ0n) is 11.3. The molecule has 0 radical (unpaired) electrons. The highest BCUT2D eigenvalue weighted by atomic mass is 15.2. The Morgan fingerprint density at radius 3 is 2.71 bits per heavy atom. The zero-order chi connectivity index (χ0) is 11.7. The largest absolute Gasteiger partial charge is 0.310 e. The molecule has 2 saturated carbocycles. The monoisotopic (exact) mass is 236 g/mol. The molecule has 0 aromatic carbocycles. The van der Waals surface area contributed by atoms with Crippen LogP contribution in [0.25, 0.3) is 0 Å². The summed E-state index contributed by atoms with van der Waals surface area (Å²) in [4.78, 5) is 2.72. The van der Waals surface area contributed by atoms with E-state index in [-0.39, 0.29) is 0 Å². The Morgan fingerprint density at radius 2 is 1.94 bits per heavy atom. The van der Waals surface area contributed by atoms with Crippen LogP contribution in [0.5, 0.6) is 0 Å². The van der Waals surface area contributed by atoms with Crippen molar-refractivity contribution in [1.29, 1.82) is 0 Å². The van der Waals surface area contributed by atoms with E-state index in [1.165, 1.54) is 64.5 Å². The number of rotatable bonds is 4. The molecule has 2 aliphatic carbocycles. The second-order valence-corrected chi connectivity index (χ2v) is 6.52. The SMILES string of the molecule is CCC1CCCC(NC2CCN(C3CC3)C2)C1. The molecule has 17 heavy (non-hydrogen) atoms. The molecule has 0 bridgehead atoms. The summed E-state index contributed by atoms with van der Waals surface area (Å²) >= 11 is 0. The van der Waals surface area contributed by atoms with E-state index < -0.39 is 0 Å². The Balaban J connectivity index is 1.43. The highest BCUT2D eigenvalue weighted by Gasteiger charge is 2.35. The average molecular weight is 236 g/mol. The predicted octanol–water partition coefficient (Wildman–Crippen LogP) is 2.78. The van der Waals surface area contributed by atoms with Gasteiger partial charge in [-0.15, -0.1) is 0 Å². The lowest BCUT2D eigenvalue weighted by atomic mass is 9.84. The Kier molecular flexibility index (Phi) is 3.72. The number of hydrogen-bond acceptors (Lipinski definition) is 2. The number of likely N-dealkylation sites (tertiary alicyclic amines) is 1. The van der Waals surface area contributed by atoms with Crippen LogP contribution < -0.4 is 5.32 Å². The molecular formula is C15H28N2. The third-order valence-corrected chi connectivity index (χ3v) is 5.11. The summed E-state index contributed by atoms with van der Waals surface area (Å²) in [5.41, 5.74) is 0. The molecule has 3 fully saturated rings. The third-order valence-electron chi connectivity index (χ3n) is 5.11. The van der Waals surface area contributed by atoms with E-state index in [1.54, 1.807) is 0 Å². The molecule has 1 saturated heterocycles. The van der Waals surface area contributed by atoms with Crippen LogP contribution in [0.15, 0.2) is 0 Å². The van der Waals surface area contributed by atoms with Gasteiger partial charge < -0.3 is 5.32 Å². The van der Waals surface area contributed by atoms with Crippen molar-refractivity contribution in [2.24, 2.45) is 5.92 Å². The summed E-state index contributed by atoms with van der Waals surface area (Å²) in [5.74, 6) is 1.00. The summed E-state index contributed by atoms with van der Waals surface area (Å²) in [5, 5.41) is 3.95. The third kappa shape index (κ3) is 3.03.